The number of ether oxygens (including phenoxy) is 2. The van der Waals surface area contributed by atoms with Crippen LogP contribution in [0.4, 0.5) is 0 Å². The first-order chi connectivity index (χ1) is 9.71. The summed E-state index contributed by atoms with van der Waals surface area (Å²) in [6.45, 7) is 0.614. The molecule has 1 aliphatic carbocycles. The monoisotopic (exact) mass is 278 g/mol. The van der Waals surface area contributed by atoms with Crippen molar-refractivity contribution >= 4 is 0 Å². The zero-order valence-corrected chi connectivity index (χ0v) is 12.8. The minimum absolute atomic E-state index is 0.234. The van der Waals surface area contributed by atoms with Crippen LogP contribution in [0.25, 0.3) is 0 Å². The lowest BCUT2D eigenvalue weighted by molar-refractivity contribution is 0.179. The van der Waals surface area contributed by atoms with Gasteiger partial charge in [0.1, 0.15) is 0 Å². The van der Waals surface area contributed by atoms with Gasteiger partial charge < -0.3 is 15.2 Å². The van der Waals surface area contributed by atoms with Crippen LogP contribution in [0.5, 0.6) is 11.5 Å². The first kappa shape index (κ1) is 15.1. The summed E-state index contributed by atoms with van der Waals surface area (Å²) in [5, 5.41) is 0. The molecule has 0 aromatic heterocycles. The molecule has 112 valence electrons. The van der Waals surface area contributed by atoms with E-state index in [4.69, 9.17) is 15.2 Å². The van der Waals surface area contributed by atoms with Crippen molar-refractivity contribution in [2.45, 2.75) is 37.8 Å². The third kappa shape index (κ3) is 3.07. The van der Waals surface area contributed by atoms with Crippen LogP contribution < -0.4 is 15.2 Å². The largest absolute Gasteiger partial charge is 0.493 e. The Hall–Kier alpha value is -1.26. The van der Waals surface area contributed by atoms with E-state index in [1.54, 1.807) is 14.2 Å². The molecular weight excluding hydrogens is 252 g/mol. The number of hydrogen-bond donors (Lipinski definition) is 1. The minimum atomic E-state index is 0.234. The first-order valence-corrected chi connectivity index (χ1v) is 7.35. The molecule has 2 N–H and O–H groups in total. The van der Waals surface area contributed by atoms with E-state index in [9.17, 15) is 0 Å². The van der Waals surface area contributed by atoms with Gasteiger partial charge in [-0.05, 0) is 37.6 Å². The molecule has 0 amide bonds. The second-order valence-electron chi connectivity index (χ2n) is 5.47. The summed E-state index contributed by atoms with van der Waals surface area (Å²) in [6.07, 6.45) is 5.22. The topological polar surface area (TPSA) is 47.7 Å². The number of nitrogens with zero attached hydrogens (tertiary/aromatic N) is 1. The molecule has 1 atom stereocenters. The Bertz CT molecular complexity index is 430. The minimum Gasteiger partial charge on any atom is -0.493 e. The van der Waals surface area contributed by atoms with Gasteiger partial charge in [0.25, 0.3) is 0 Å². The van der Waals surface area contributed by atoms with Gasteiger partial charge in [0, 0.05) is 18.6 Å². The molecule has 20 heavy (non-hydrogen) atoms. The Kier molecular flexibility index (Phi) is 5.26. The molecule has 4 nitrogen and oxygen atoms in total. The fourth-order valence-corrected chi connectivity index (χ4v) is 3.16. The lowest BCUT2D eigenvalue weighted by Crippen LogP contribution is -2.37. The second kappa shape index (κ2) is 6.95. The third-order valence-electron chi connectivity index (χ3n) is 4.41. The van der Waals surface area contributed by atoms with Crippen molar-refractivity contribution in [1.29, 1.82) is 0 Å². The fourth-order valence-electron chi connectivity index (χ4n) is 3.16. The summed E-state index contributed by atoms with van der Waals surface area (Å²) in [5.74, 6) is 1.53. The molecule has 0 heterocycles. The highest BCUT2D eigenvalue weighted by Crippen LogP contribution is 2.34. The molecular formula is C16H26N2O2. The van der Waals surface area contributed by atoms with Crippen molar-refractivity contribution in [1.82, 2.24) is 4.90 Å². The summed E-state index contributed by atoms with van der Waals surface area (Å²) >= 11 is 0. The van der Waals surface area contributed by atoms with Crippen molar-refractivity contribution in [3.05, 3.63) is 23.8 Å². The van der Waals surface area contributed by atoms with Crippen molar-refractivity contribution in [3.8, 4) is 11.5 Å². The summed E-state index contributed by atoms with van der Waals surface area (Å²) in [4.78, 5) is 2.42. The molecule has 4 heteroatoms. The van der Waals surface area contributed by atoms with Gasteiger partial charge >= 0.3 is 0 Å². The van der Waals surface area contributed by atoms with E-state index in [-0.39, 0.29) is 6.04 Å². The van der Waals surface area contributed by atoms with Crippen LogP contribution in [0, 0.1) is 0 Å². The van der Waals surface area contributed by atoms with E-state index in [2.05, 4.69) is 18.0 Å². The van der Waals surface area contributed by atoms with Gasteiger partial charge in [-0.15, -0.1) is 0 Å². The van der Waals surface area contributed by atoms with E-state index >= 15 is 0 Å². The normalized spacial score (nSPS) is 17.4. The first-order valence-electron chi connectivity index (χ1n) is 7.35. The number of nitrogens with two attached hydrogens (primary N) is 1. The van der Waals surface area contributed by atoms with Crippen LogP contribution in [0.3, 0.4) is 0 Å². The zero-order chi connectivity index (χ0) is 14.5. The van der Waals surface area contributed by atoms with E-state index in [1.807, 2.05) is 12.1 Å². The molecule has 1 aliphatic rings. The molecule has 0 saturated heterocycles. The molecule has 0 radical (unpaired) electrons. The average molecular weight is 278 g/mol. The lowest BCUT2D eigenvalue weighted by atomic mass is 10.0. The number of benzene rings is 1. The average Bonchev–Trinajstić information content (AvgIpc) is 3.01. The number of methoxy groups -OCH3 is 2. The van der Waals surface area contributed by atoms with Gasteiger partial charge in [0.15, 0.2) is 11.5 Å². The van der Waals surface area contributed by atoms with Crippen LogP contribution in [0.15, 0.2) is 18.2 Å². The molecule has 1 aromatic carbocycles. The van der Waals surface area contributed by atoms with Crippen molar-refractivity contribution in [3.63, 3.8) is 0 Å². The molecule has 0 bridgehead atoms. The SMILES string of the molecule is COc1ccc(C(CN)N(C)C2CCCC2)cc1OC. The van der Waals surface area contributed by atoms with E-state index in [0.717, 1.165) is 11.5 Å². The Morgan fingerprint density at radius 1 is 1.20 bits per heavy atom. The van der Waals surface area contributed by atoms with E-state index < -0.39 is 0 Å². The molecule has 0 spiro atoms. The third-order valence-corrected chi connectivity index (χ3v) is 4.41. The maximum Gasteiger partial charge on any atom is 0.161 e. The van der Waals surface area contributed by atoms with Gasteiger partial charge in [-0.25, -0.2) is 0 Å². The lowest BCUT2D eigenvalue weighted by Gasteiger charge is -2.33. The molecule has 1 unspecified atom stereocenters. The highest BCUT2D eigenvalue weighted by atomic mass is 16.5. The van der Waals surface area contributed by atoms with Gasteiger partial charge in [0.05, 0.1) is 14.2 Å². The van der Waals surface area contributed by atoms with Crippen molar-refractivity contribution in [2.24, 2.45) is 5.73 Å². The quantitative estimate of drug-likeness (QED) is 0.869. The maximum absolute atomic E-state index is 6.02. The second-order valence-corrected chi connectivity index (χ2v) is 5.47. The summed E-state index contributed by atoms with van der Waals surface area (Å²) < 4.78 is 10.7. The van der Waals surface area contributed by atoms with Crippen LogP contribution in [-0.2, 0) is 0 Å². The highest BCUT2D eigenvalue weighted by molar-refractivity contribution is 5.43. The maximum atomic E-state index is 6.02. The van der Waals surface area contributed by atoms with Crippen LogP contribution in [0.2, 0.25) is 0 Å². The van der Waals surface area contributed by atoms with Crippen LogP contribution >= 0.6 is 0 Å². The number of hydrogen-bond acceptors (Lipinski definition) is 4. The summed E-state index contributed by atoms with van der Waals surface area (Å²) in [7, 11) is 5.51. The Balaban J connectivity index is 2.22. The fraction of sp³-hybridized carbons (Fsp3) is 0.625. The van der Waals surface area contributed by atoms with Gasteiger partial charge in [-0.2, -0.15) is 0 Å². The Morgan fingerprint density at radius 3 is 2.40 bits per heavy atom. The molecule has 1 aromatic rings. The molecule has 1 fully saturated rings. The van der Waals surface area contributed by atoms with Crippen LogP contribution in [0.1, 0.15) is 37.3 Å². The number of likely N-dealkylation sites (N-methyl/N-ethyl adjacent to an activating group) is 1. The van der Waals surface area contributed by atoms with Crippen LogP contribution in [-0.4, -0.2) is 38.8 Å². The van der Waals surface area contributed by atoms with Crippen molar-refractivity contribution in [2.75, 3.05) is 27.8 Å². The number of rotatable bonds is 6. The summed E-state index contributed by atoms with van der Waals surface area (Å²) in [5.41, 5.74) is 7.22. The Labute approximate surface area is 121 Å². The zero-order valence-electron chi connectivity index (χ0n) is 12.8. The van der Waals surface area contributed by atoms with E-state index in [0.29, 0.717) is 12.6 Å². The van der Waals surface area contributed by atoms with Gasteiger partial charge in [-0.1, -0.05) is 18.9 Å². The smallest absolute Gasteiger partial charge is 0.161 e. The standard InChI is InChI=1S/C16H26N2O2/c1-18(13-6-4-5-7-13)14(11-17)12-8-9-15(19-2)16(10-12)20-3/h8-10,13-14H,4-7,11,17H2,1-3H3. The predicted octanol–water partition coefficient (Wildman–Crippen LogP) is 2.58. The Morgan fingerprint density at radius 2 is 1.85 bits per heavy atom. The van der Waals surface area contributed by atoms with Gasteiger partial charge in [-0.3, -0.25) is 4.90 Å². The van der Waals surface area contributed by atoms with Gasteiger partial charge in [0.2, 0.25) is 0 Å². The molecule has 0 aliphatic heterocycles. The summed E-state index contributed by atoms with van der Waals surface area (Å²) in [6, 6.07) is 6.97. The predicted molar refractivity (Wildman–Crippen MR) is 81.4 cm³/mol. The van der Waals surface area contributed by atoms with Crippen molar-refractivity contribution < 1.29 is 9.47 Å². The molecule has 1 saturated carbocycles. The molecule has 2 rings (SSSR count). The van der Waals surface area contributed by atoms with E-state index in [1.165, 1.54) is 31.2 Å². The highest BCUT2D eigenvalue weighted by Gasteiger charge is 2.26.